The quantitative estimate of drug-likeness (QED) is 0.477. The van der Waals surface area contributed by atoms with Gasteiger partial charge in [0.25, 0.3) is 21.8 Å². The average molecular weight is 371 g/mol. The molecule has 0 aliphatic carbocycles. The molecule has 0 atom stereocenters. The fraction of sp³-hybridized carbons (Fsp3) is 0.167. The smallest absolute Gasteiger partial charge is 0.274 e. The van der Waals surface area contributed by atoms with Crippen molar-refractivity contribution in [2.45, 2.75) is 18.2 Å². The minimum atomic E-state index is -3.74. The highest BCUT2D eigenvalue weighted by molar-refractivity contribution is 7.89. The van der Waals surface area contributed by atoms with Crippen LogP contribution in [0.2, 0.25) is 0 Å². The van der Waals surface area contributed by atoms with Crippen LogP contribution in [0.3, 0.4) is 0 Å². The molecule has 134 valence electrons. The second-order valence-electron chi connectivity index (χ2n) is 5.82. The second kappa shape index (κ2) is 7.09. The summed E-state index contributed by atoms with van der Waals surface area (Å²) in [4.78, 5) is 27.7. The maximum atomic E-state index is 12.2. The Balaban J connectivity index is 1.56. The summed E-state index contributed by atoms with van der Waals surface area (Å²) < 4.78 is 24.1. The molecule has 0 bridgehead atoms. The van der Waals surface area contributed by atoms with E-state index in [2.05, 4.69) is 9.93 Å². The molecular weight excluding hydrogens is 354 g/mol. The Morgan fingerprint density at radius 2 is 1.58 bits per heavy atom. The van der Waals surface area contributed by atoms with Gasteiger partial charge in [0.2, 0.25) is 0 Å². The molecule has 26 heavy (non-hydrogen) atoms. The monoisotopic (exact) mass is 371 g/mol. The van der Waals surface area contributed by atoms with Crippen LogP contribution < -0.4 is 4.83 Å². The predicted octanol–water partition coefficient (Wildman–Crippen LogP) is 1.95. The van der Waals surface area contributed by atoms with Crippen molar-refractivity contribution < 1.29 is 18.0 Å². The number of imide groups is 1. The summed E-state index contributed by atoms with van der Waals surface area (Å²) >= 11 is 0. The maximum Gasteiger partial charge on any atom is 0.276 e. The third-order valence-corrected chi connectivity index (χ3v) is 5.19. The highest BCUT2D eigenvalue weighted by atomic mass is 32.2. The molecule has 0 aromatic heterocycles. The molecule has 0 fully saturated rings. The van der Waals surface area contributed by atoms with E-state index in [9.17, 15) is 18.0 Å². The molecule has 2 amide bonds. The first-order valence-corrected chi connectivity index (χ1v) is 9.44. The van der Waals surface area contributed by atoms with Crippen molar-refractivity contribution in [3.63, 3.8) is 0 Å². The summed E-state index contributed by atoms with van der Waals surface area (Å²) in [6, 6.07) is 13.0. The zero-order valence-electron chi connectivity index (χ0n) is 14.0. The van der Waals surface area contributed by atoms with Gasteiger partial charge in [-0.1, -0.05) is 29.8 Å². The van der Waals surface area contributed by atoms with Gasteiger partial charge in [0.1, 0.15) is 0 Å². The van der Waals surface area contributed by atoms with Gasteiger partial charge in [0.05, 0.1) is 16.0 Å². The molecular formula is C18H17N3O4S. The van der Waals surface area contributed by atoms with Gasteiger partial charge in [0, 0.05) is 19.2 Å². The number of fused-ring (bicyclic) bond motifs is 1. The van der Waals surface area contributed by atoms with Gasteiger partial charge in [-0.05, 0) is 31.2 Å². The second-order valence-corrected chi connectivity index (χ2v) is 7.48. The van der Waals surface area contributed by atoms with Gasteiger partial charge in [-0.2, -0.15) is 13.5 Å². The van der Waals surface area contributed by atoms with Crippen molar-refractivity contribution in [2.24, 2.45) is 5.10 Å². The number of nitrogens with one attached hydrogen (secondary N) is 1. The van der Waals surface area contributed by atoms with Crippen LogP contribution in [-0.2, 0) is 10.0 Å². The maximum absolute atomic E-state index is 12.2. The van der Waals surface area contributed by atoms with Crippen LogP contribution in [0.25, 0.3) is 0 Å². The molecule has 8 heteroatoms. The van der Waals surface area contributed by atoms with Crippen LogP contribution in [0.4, 0.5) is 0 Å². The van der Waals surface area contributed by atoms with Gasteiger partial charge in [0.15, 0.2) is 0 Å². The molecule has 3 rings (SSSR count). The largest absolute Gasteiger partial charge is 0.276 e. The first-order valence-electron chi connectivity index (χ1n) is 7.95. The van der Waals surface area contributed by atoms with Gasteiger partial charge in [-0.3, -0.25) is 14.5 Å². The molecule has 0 saturated carbocycles. The lowest BCUT2D eigenvalue weighted by Gasteiger charge is -2.11. The lowest BCUT2D eigenvalue weighted by Crippen LogP contribution is -2.31. The van der Waals surface area contributed by atoms with Crippen LogP contribution in [0, 0.1) is 6.92 Å². The topological polar surface area (TPSA) is 95.9 Å². The summed E-state index contributed by atoms with van der Waals surface area (Å²) in [5.41, 5.74) is 1.72. The number of carbonyl (C=O) groups excluding carboxylic acids is 2. The van der Waals surface area contributed by atoms with E-state index in [4.69, 9.17) is 0 Å². The number of hydrogen-bond donors (Lipinski definition) is 1. The Bertz CT molecular complexity index is 947. The number of rotatable bonds is 6. The highest BCUT2D eigenvalue weighted by Gasteiger charge is 2.34. The lowest BCUT2D eigenvalue weighted by molar-refractivity contribution is 0.0659. The molecule has 1 aliphatic rings. The number of nitrogens with zero attached hydrogens (tertiary/aromatic N) is 2. The summed E-state index contributed by atoms with van der Waals surface area (Å²) in [5.74, 6) is -0.696. The molecule has 1 N–H and O–H groups in total. The number of sulfonamides is 1. The Kier molecular flexibility index (Phi) is 4.85. The summed E-state index contributed by atoms with van der Waals surface area (Å²) in [7, 11) is -3.74. The van der Waals surface area contributed by atoms with E-state index < -0.39 is 10.0 Å². The van der Waals surface area contributed by atoms with E-state index in [1.54, 1.807) is 36.4 Å². The molecule has 0 saturated heterocycles. The molecule has 2 aromatic rings. The van der Waals surface area contributed by atoms with Crippen molar-refractivity contribution in [1.82, 2.24) is 9.73 Å². The zero-order valence-corrected chi connectivity index (χ0v) is 14.9. The SMILES string of the molecule is Cc1ccc(S(=O)(=O)N/N=C/CCN2C(=O)c3ccccc3C2=O)cc1. The molecule has 1 heterocycles. The molecule has 0 radical (unpaired) electrons. The normalized spacial score (nSPS) is 14.1. The van der Waals surface area contributed by atoms with E-state index >= 15 is 0 Å². The van der Waals surface area contributed by atoms with Gasteiger partial charge < -0.3 is 0 Å². The number of hydrogen-bond acceptors (Lipinski definition) is 5. The fourth-order valence-electron chi connectivity index (χ4n) is 2.57. The highest BCUT2D eigenvalue weighted by Crippen LogP contribution is 2.22. The summed E-state index contributed by atoms with van der Waals surface area (Å²) in [6.07, 6.45) is 1.57. The van der Waals surface area contributed by atoms with E-state index in [-0.39, 0.29) is 29.7 Å². The zero-order chi connectivity index (χ0) is 18.7. The first-order chi connectivity index (χ1) is 12.4. The summed E-state index contributed by atoms with van der Waals surface area (Å²) in [5, 5.41) is 3.69. The number of hydrazone groups is 1. The molecule has 7 nitrogen and oxygen atoms in total. The number of aryl methyl sites for hydroxylation is 1. The van der Waals surface area contributed by atoms with Crippen LogP contribution in [0.5, 0.6) is 0 Å². The third kappa shape index (κ3) is 3.50. The molecule has 0 unspecified atom stereocenters. The van der Waals surface area contributed by atoms with Crippen LogP contribution in [0.15, 0.2) is 58.5 Å². The van der Waals surface area contributed by atoms with Crippen molar-refractivity contribution in [3.05, 3.63) is 65.2 Å². The molecule has 1 aliphatic heterocycles. The fourth-order valence-corrected chi connectivity index (χ4v) is 3.38. The number of amides is 2. The Hall–Kier alpha value is -3.00. The molecule has 0 spiro atoms. The number of benzene rings is 2. The van der Waals surface area contributed by atoms with Crippen molar-refractivity contribution >= 4 is 28.1 Å². The van der Waals surface area contributed by atoms with Crippen molar-refractivity contribution in [2.75, 3.05) is 6.54 Å². The minimum Gasteiger partial charge on any atom is -0.274 e. The van der Waals surface area contributed by atoms with Crippen molar-refractivity contribution in [1.29, 1.82) is 0 Å². The van der Waals surface area contributed by atoms with Crippen LogP contribution in [-0.4, -0.2) is 37.9 Å². The van der Waals surface area contributed by atoms with E-state index in [1.165, 1.54) is 18.3 Å². The van der Waals surface area contributed by atoms with Gasteiger partial charge in [-0.25, -0.2) is 4.83 Å². The van der Waals surface area contributed by atoms with E-state index in [1.807, 2.05) is 6.92 Å². The Labute approximate surface area is 151 Å². The molecule has 2 aromatic carbocycles. The van der Waals surface area contributed by atoms with Crippen LogP contribution in [0.1, 0.15) is 32.7 Å². The number of carbonyl (C=O) groups is 2. The third-order valence-electron chi connectivity index (χ3n) is 3.96. The van der Waals surface area contributed by atoms with Gasteiger partial charge in [-0.15, -0.1) is 0 Å². The first kappa shape index (κ1) is 17.8. The van der Waals surface area contributed by atoms with E-state index in [0.29, 0.717) is 11.1 Å². The minimum absolute atomic E-state index is 0.112. The van der Waals surface area contributed by atoms with Gasteiger partial charge >= 0.3 is 0 Å². The van der Waals surface area contributed by atoms with Crippen molar-refractivity contribution in [3.8, 4) is 0 Å². The lowest BCUT2D eigenvalue weighted by atomic mass is 10.1. The average Bonchev–Trinajstić information content (AvgIpc) is 2.87. The predicted molar refractivity (Wildman–Crippen MR) is 96.4 cm³/mol. The standard InChI is InChI=1S/C18H17N3O4S/c1-13-7-9-14(10-8-13)26(24,25)20-19-11-4-12-21-17(22)15-5-2-3-6-16(15)18(21)23/h2-3,5-11,20H,4,12H2,1H3/b19-11+. The van der Waals surface area contributed by atoms with E-state index in [0.717, 1.165) is 10.5 Å². The Morgan fingerprint density at radius 1 is 1.00 bits per heavy atom. The summed E-state index contributed by atoms with van der Waals surface area (Å²) in [6.45, 7) is 1.99. The Morgan fingerprint density at radius 3 is 2.15 bits per heavy atom. The van der Waals surface area contributed by atoms with Crippen LogP contribution >= 0.6 is 0 Å².